The predicted octanol–water partition coefficient (Wildman–Crippen LogP) is 1.40. The summed E-state index contributed by atoms with van der Waals surface area (Å²) in [6.07, 6.45) is 2.83. The third kappa shape index (κ3) is 3.94. The molecule has 0 amide bonds. The molecule has 2 heterocycles. The lowest BCUT2D eigenvalue weighted by atomic mass is 9.96. The summed E-state index contributed by atoms with van der Waals surface area (Å²) in [5.74, 6) is 0.899. The fraction of sp³-hybridized carbons (Fsp3) is 1.00. The van der Waals surface area contributed by atoms with Gasteiger partial charge in [-0.15, -0.1) is 0 Å². The summed E-state index contributed by atoms with van der Waals surface area (Å²) < 4.78 is 0. The van der Waals surface area contributed by atoms with Crippen LogP contribution in [0.4, 0.5) is 0 Å². The number of rotatable bonds is 3. The molecule has 1 N–H and O–H groups in total. The second-order valence-electron chi connectivity index (χ2n) is 6.21. The van der Waals surface area contributed by atoms with Gasteiger partial charge < -0.3 is 15.1 Å². The zero-order valence-corrected chi connectivity index (χ0v) is 11.8. The number of piperidine rings is 1. The Hall–Kier alpha value is -0.120. The monoisotopic (exact) mass is 239 g/mol. The van der Waals surface area contributed by atoms with E-state index in [1.165, 1.54) is 52.1 Å². The predicted molar refractivity (Wildman–Crippen MR) is 73.3 cm³/mol. The molecule has 2 aliphatic rings. The minimum atomic E-state index is 0.675. The highest BCUT2D eigenvalue weighted by molar-refractivity contribution is 4.81. The summed E-state index contributed by atoms with van der Waals surface area (Å²) in [5.41, 5.74) is 0. The Morgan fingerprint density at radius 3 is 2.76 bits per heavy atom. The molecule has 3 heteroatoms. The van der Waals surface area contributed by atoms with Crippen LogP contribution in [0, 0.1) is 5.92 Å². The van der Waals surface area contributed by atoms with Crippen LogP contribution in [0.2, 0.25) is 0 Å². The molecule has 0 aliphatic carbocycles. The van der Waals surface area contributed by atoms with Crippen LogP contribution in [0.25, 0.3) is 0 Å². The van der Waals surface area contributed by atoms with Crippen molar-refractivity contribution < 1.29 is 0 Å². The lowest BCUT2D eigenvalue weighted by Crippen LogP contribution is -2.52. The number of hydrogen-bond acceptors (Lipinski definition) is 3. The van der Waals surface area contributed by atoms with Gasteiger partial charge in [-0.2, -0.15) is 0 Å². The van der Waals surface area contributed by atoms with Gasteiger partial charge in [0.1, 0.15) is 0 Å². The van der Waals surface area contributed by atoms with E-state index in [1.54, 1.807) is 0 Å². The van der Waals surface area contributed by atoms with E-state index < -0.39 is 0 Å². The maximum absolute atomic E-state index is 3.52. The molecule has 2 atom stereocenters. The van der Waals surface area contributed by atoms with Crippen molar-refractivity contribution in [2.45, 2.75) is 45.7 Å². The first kappa shape index (κ1) is 13.3. The molecule has 100 valence electrons. The molecule has 0 bridgehead atoms. The topological polar surface area (TPSA) is 18.5 Å². The molecular formula is C14H29N3. The van der Waals surface area contributed by atoms with Gasteiger partial charge >= 0.3 is 0 Å². The SMILES string of the molecule is CC1CN(CC2CCCN(C(C)C)C2)CCN1. The van der Waals surface area contributed by atoms with E-state index in [9.17, 15) is 0 Å². The van der Waals surface area contributed by atoms with Crippen molar-refractivity contribution in [3.05, 3.63) is 0 Å². The normalized spacial score (nSPS) is 33.2. The molecule has 2 saturated heterocycles. The van der Waals surface area contributed by atoms with Gasteiger partial charge in [0.15, 0.2) is 0 Å². The van der Waals surface area contributed by atoms with Crippen LogP contribution >= 0.6 is 0 Å². The molecule has 0 aromatic carbocycles. The van der Waals surface area contributed by atoms with Gasteiger partial charge in [-0.25, -0.2) is 0 Å². The molecule has 2 fully saturated rings. The third-order valence-electron chi connectivity index (χ3n) is 4.25. The van der Waals surface area contributed by atoms with Gasteiger partial charge in [-0.3, -0.25) is 0 Å². The van der Waals surface area contributed by atoms with Crippen molar-refractivity contribution in [2.24, 2.45) is 5.92 Å². The molecule has 0 aromatic heterocycles. The van der Waals surface area contributed by atoms with Crippen LogP contribution in [-0.2, 0) is 0 Å². The van der Waals surface area contributed by atoms with E-state index in [-0.39, 0.29) is 0 Å². The maximum Gasteiger partial charge on any atom is 0.0167 e. The van der Waals surface area contributed by atoms with Crippen LogP contribution in [0.1, 0.15) is 33.6 Å². The summed E-state index contributed by atoms with van der Waals surface area (Å²) in [7, 11) is 0. The quantitative estimate of drug-likeness (QED) is 0.803. The first-order chi connectivity index (χ1) is 8.15. The summed E-state index contributed by atoms with van der Waals surface area (Å²) in [4.78, 5) is 5.31. The number of piperazine rings is 1. The molecular weight excluding hydrogens is 210 g/mol. The average Bonchev–Trinajstić information content (AvgIpc) is 2.29. The number of hydrogen-bond donors (Lipinski definition) is 1. The van der Waals surface area contributed by atoms with Gasteiger partial charge in [0.2, 0.25) is 0 Å². The van der Waals surface area contributed by atoms with Gasteiger partial charge in [0.25, 0.3) is 0 Å². The zero-order valence-electron chi connectivity index (χ0n) is 11.8. The standard InChI is InChI=1S/C14H29N3/c1-12(2)17-7-4-5-14(11-17)10-16-8-6-15-13(3)9-16/h12-15H,4-11H2,1-3H3. The van der Waals surface area contributed by atoms with Crippen molar-refractivity contribution in [3.8, 4) is 0 Å². The van der Waals surface area contributed by atoms with Crippen LogP contribution in [0.3, 0.4) is 0 Å². The fourth-order valence-corrected chi connectivity index (χ4v) is 3.26. The molecule has 0 radical (unpaired) electrons. The van der Waals surface area contributed by atoms with Gasteiger partial charge in [-0.1, -0.05) is 0 Å². The Bertz CT molecular complexity index is 230. The first-order valence-corrected chi connectivity index (χ1v) is 7.35. The minimum absolute atomic E-state index is 0.675. The van der Waals surface area contributed by atoms with Crippen molar-refractivity contribution in [2.75, 3.05) is 39.3 Å². The van der Waals surface area contributed by atoms with Gasteiger partial charge in [-0.05, 0) is 46.1 Å². The average molecular weight is 239 g/mol. The lowest BCUT2D eigenvalue weighted by molar-refractivity contribution is 0.0990. The second kappa shape index (κ2) is 6.17. The molecule has 2 unspecified atom stereocenters. The van der Waals surface area contributed by atoms with E-state index in [1.807, 2.05) is 0 Å². The molecule has 0 spiro atoms. The maximum atomic E-state index is 3.52. The summed E-state index contributed by atoms with van der Waals surface area (Å²) in [5, 5.41) is 3.52. The first-order valence-electron chi connectivity index (χ1n) is 7.35. The molecule has 2 aliphatic heterocycles. The fourth-order valence-electron chi connectivity index (χ4n) is 3.26. The molecule has 0 saturated carbocycles. The Morgan fingerprint density at radius 2 is 2.06 bits per heavy atom. The Kier molecular flexibility index (Phi) is 4.83. The van der Waals surface area contributed by atoms with Crippen molar-refractivity contribution >= 4 is 0 Å². The Labute approximate surface area is 107 Å². The highest BCUT2D eigenvalue weighted by Gasteiger charge is 2.25. The van der Waals surface area contributed by atoms with E-state index in [0.717, 1.165) is 12.0 Å². The Morgan fingerprint density at radius 1 is 1.24 bits per heavy atom. The van der Waals surface area contributed by atoms with Crippen molar-refractivity contribution in [1.82, 2.24) is 15.1 Å². The molecule has 3 nitrogen and oxygen atoms in total. The van der Waals surface area contributed by atoms with Crippen LogP contribution in [-0.4, -0.2) is 61.2 Å². The summed E-state index contributed by atoms with van der Waals surface area (Å²) in [6.45, 7) is 14.5. The van der Waals surface area contributed by atoms with Crippen molar-refractivity contribution in [3.63, 3.8) is 0 Å². The largest absolute Gasteiger partial charge is 0.312 e. The van der Waals surface area contributed by atoms with Crippen LogP contribution in [0.15, 0.2) is 0 Å². The lowest BCUT2D eigenvalue weighted by Gasteiger charge is -2.39. The number of likely N-dealkylation sites (tertiary alicyclic amines) is 1. The van der Waals surface area contributed by atoms with Crippen molar-refractivity contribution in [1.29, 1.82) is 0 Å². The molecule has 2 rings (SSSR count). The van der Waals surface area contributed by atoms with Gasteiger partial charge in [0.05, 0.1) is 0 Å². The summed E-state index contributed by atoms with van der Waals surface area (Å²) >= 11 is 0. The zero-order chi connectivity index (χ0) is 12.3. The molecule has 17 heavy (non-hydrogen) atoms. The second-order valence-corrected chi connectivity index (χ2v) is 6.21. The highest BCUT2D eigenvalue weighted by atomic mass is 15.2. The minimum Gasteiger partial charge on any atom is -0.312 e. The van der Waals surface area contributed by atoms with E-state index in [4.69, 9.17) is 0 Å². The van der Waals surface area contributed by atoms with Crippen LogP contribution < -0.4 is 5.32 Å². The van der Waals surface area contributed by atoms with Gasteiger partial charge in [0, 0.05) is 44.8 Å². The van der Waals surface area contributed by atoms with E-state index >= 15 is 0 Å². The molecule has 0 aromatic rings. The number of nitrogens with one attached hydrogen (secondary N) is 1. The number of nitrogens with zero attached hydrogens (tertiary/aromatic N) is 2. The van der Waals surface area contributed by atoms with E-state index in [0.29, 0.717) is 6.04 Å². The third-order valence-corrected chi connectivity index (χ3v) is 4.25. The van der Waals surface area contributed by atoms with E-state index in [2.05, 4.69) is 35.9 Å². The Balaban J connectivity index is 1.78. The summed E-state index contributed by atoms with van der Waals surface area (Å²) in [6, 6.07) is 1.40. The highest BCUT2D eigenvalue weighted by Crippen LogP contribution is 2.19. The smallest absolute Gasteiger partial charge is 0.0167 e. The van der Waals surface area contributed by atoms with Crippen LogP contribution in [0.5, 0.6) is 0 Å².